The second-order valence-electron chi connectivity index (χ2n) is 8.16. The van der Waals surface area contributed by atoms with Crippen molar-refractivity contribution in [3.63, 3.8) is 0 Å². The summed E-state index contributed by atoms with van der Waals surface area (Å²) in [6.07, 6.45) is -2.31. The molecule has 2 aliphatic heterocycles. The molecule has 36 heavy (non-hydrogen) atoms. The van der Waals surface area contributed by atoms with Crippen molar-refractivity contribution in [2.24, 2.45) is 0 Å². The number of ether oxygens (including phenoxy) is 6. The van der Waals surface area contributed by atoms with Gasteiger partial charge in [0.15, 0.2) is 19.3 Å². The van der Waals surface area contributed by atoms with Crippen LogP contribution >= 0.6 is 7.14 Å². The maximum Gasteiger partial charge on any atom is 0.508 e. The zero-order chi connectivity index (χ0) is 25.0. The molecule has 2 heterocycles. The first-order valence-electron chi connectivity index (χ1n) is 11.3. The lowest BCUT2D eigenvalue weighted by Crippen LogP contribution is -2.25. The van der Waals surface area contributed by atoms with Gasteiger partial charge in [-0.1, -0.05) is 30.3 Å². The van der Waals surface area contributed by atoms with Crippen LogP contribution in [-0.2, 0) is 23.5 Å². The van der Waals surface area contributed by atoms with Gasteiger partial charge in [0.25, 0.3) is 0 Å². The van der Waals surface area contributed by atoms with Crippen molar-refractivity contribution in [1.29, 1.82) is 0 Å². The monoisotopic (exact) mass is 510 g/mol. The molecule has 0 spiro atoms. The van der Waals surface area contributed by atoms with Crippen molar-refractivity contribution in [3.8, 4) is 11.5 Å². The van der Waals surface area contributed by atoms with E-state index in [0.29, 0.717) is 27.4 Å². The summed E-state index contributed by atoms with van der Waals surface area (Å²) >= 11 is 0. The Morgan fingerprint density at radius 2 is 1.06 bits per heavy atom. The van der Waals surface area contributed by atoms with Crippen LogP contribution in [0.4, 0.5) is 9.59 Å². The summed E-state index contributed by atoms with van der Waals surface area (Å²) in [5.41, 5.74) is 0. The molecule has 0 bridgehead atoms. The molecular formula is C26H23O9P. The first-order valence-corrected chi connectivity index (χ1v) is 13.0. The van der Waals surface area contributed by atoms with Gasteiger partial charge in [-0.05, 0) is 48.5 Å². The third-order valence-electron chi connectivity index (χ3n) is 5.69. The predicted molar refractivity (Wildman–Crippen MR) is 129 cm³/mol. The highest BCUT2D eigenvalue weighted by molar-refractivity contribution is 7.85. The van der Waals surface area contributed by atoms with Gasteiger partial charge in [0.1, 0.15) is 37.9 Å². The molecule has 10 heteroatoms. The van der Waals surface area contributed by atoms with Gasteiger partial charge < -0.3 is 33.0 Å². The van der Waals surface area contributed by atoms with Crippen LogP contribution in [0, 0.1) is 0 Å². The predicted octanol–water partition coefficient (Wildman–Crippen LogP) is 3.15. The smallest absolute Gasteiger partial charge is 0.490 e. The molecule has 2 saturated heterocycles. The summed E-state index contributed by atoms with van der Waals surface area (Å²) in [6.45, 7) is 0.628. The van der Waals surface area contributed by atoms with Gasteiger partial charge in [-0.2, -0.15) is 0 Å². The van der Waals surface area contributed by atoms with E-state index in [1.807, 2.05) is 30.3 Å². The normalized spacial score (nSPS) is 20.4. The number of hydrogen-bond donors (Lipinski definition) is 0. The average Bonchev–Trinajstić information content (AvgIpc) is 3.54. The van der Waals surface area contributed by atoms with Crippen LogP contribution in [-0.4, -0.2) is 50.9 Å². The van der Waals surface area contributed by atoms with Crippen LogP contribution < -0.4 is 25.4 Å². The third-order valence-corrected chi connectivity index (χ3v) is 8.77. The molecule has 0 aliphatic carbocycles. The van der Waals surface area contributed by atoms with Crippen LogP contribution in [0.25, 0.3) is 0 Å². The van der Waals surface area contributed by atoms with E-state index >= 15 is 0 Å². The molecule has 3 aromatic carbocycles. The molecule has 0 N–H and O–H groups in total. The van der Waals surface area contributed by atoms with Gasteiger partial charge in [-0.15, -0.1) is 0 Å². The second kappa shape index (κ2) is 10.3. The third kappa shape index (κ3) is 5.16. The largest absolute Gasteiger partial charge is 0.508 e. The van der Waals surface area contributed by atoms with Crippen LogP contribution in [0.3, 0.4) is 0 Å². The number of carbonyl (C=O) groups excluding carboxylic acids is 2. The minimum absolute atomic E-state index is 0.152. The van der Waals surface area contributed by atoms with Crippen LogP contribution in [0.1, 0.15) is 0 Å². The molecule has 5 rings (SSSR count). The molecule has 2 unspecified atom stereocenters. The van der Waals surface area contributed by atoms with Gasteiger partial charge in [0.05, 0.1) is 0 Å². The summed E-state index contributed by atoms with van der Waals surface area (Å²) in [5, 5.41) is 1.97. The van der Waals surface area contributed by atoms with E-state index in [1.165, 1.54) is 0 Å². The quantitative estimate of drug-likeness (QED) is 0.317. The molecule has 0 radical (unpaired) electrons. The molecule has 0 aromatic heterocycles. The fourth-order valence-electron chi connectivity index (χ4n) is 3.86. The summed E-state index contributed by atoms with van der Waals surface area (Å²) in [4.78, 5) is 22.1. The fraction of sp³-hybridized carbons (Fsp3) is 0.231. The van der Waals surface area contributed by atoms with Gasteiger partial charge >= 0.3 is 12.3 Å². The summed E-state index contributed by atoms with van der Waals surface area (Å²) in [7, 11) is -3.20. The highest BCUT2D eigenvalue weighted by Gasteiger charge is 2.30. The molecule has 186 valence electrons. The van der Waals surface area contributed by atoms with Gasteiger partial charge in [0, 0.05) is 15.9 Å². The van der Waals surface area contributed by atoms with Gasteiger partial charge in [-0.25, -0.2) is 9.59 Å². The standard InChI is InChI=1S/C26H23O9P/c27-25-32-16-20(34-25)14-30-18-6-10-23(11-7-18)36(29,22-4-2-1-3-5-22)24-12-8-19(9-13-24)31-15-21-17-33-26(28)35-21/h1-13,20-21H,14-17H2. The number of cyclic esters (lactones) is 4. The summed E-state index contributed by atoms with van der Waals surface area (Å²) in [5.74, 6) is 1.11. The van der Waals surface area contributed by atoms with E-state index in [1.54, 1.807) is 48.5 Å². The van der Waals surface area contributed by atoms with Crippen molar-refractivity contribution in [2.45, 2.75) is 12.2 Å². The lowest BCUT2D eigenvalue weighted by molar-refractivity contribution is 0.0977. The van der Waals surface area contributed by atoms with E-state index in [0.717, 1.165) is 0 Å². The fourth-order valence-corrected chi connectivity index (χ4v) is 6.49. The van der Waals surface area contributed by atoms with Crippen LogP contribution in [0.15, 0.2) is 78.9 Å². The summed E-state index contributed by atoms with van der Waals surface area (Å²) < 4.78 is 45.5. The maximum absolute atomic E-state index is 14.6. The highest BCUT2D eigenvalue weighted by Crippen LogP contribution is 2.43. The minimum atomic E-state index is -3.20. The zero-order valence-corrected chi connectivity index (χ0v) is 20.0. The number of benzene rings is 3. The Morgan fingerprint density at radius 1 is 0.639 bits per heavy atom. The topological polar surface area (TPSA) is 107 Å². The number of rotatable bonds is 9. The minimum Gasteiger partial charge on any atom is -0.490 e. The SMILES string of the molecule is O=C1OCC(COc2ccc(P(=O)(c3ccccc3)c3ccc(OCC4COC(=O)O4)cc3)cc2)O1. The van der Waals surface area contributed by atoms with Crippen LogP contribution in [0.5, 0.6) is 11.5 Å². The van der Waals surface area contributed by atoms with Crippen molar-refractivity contribution in [1.82, 2.24) is 0 Å². The molecule has 0 saturated carbocycles. The number of carbonyl (C=O) groups is 2. The van der Waals surface area contributed by atoms with Crippen molar-refractivity contribution < 1.29 is 42.6 Å². The van der Waals surface area contributed by atoms with E-state index in [4.69, 9.17) is 28.4 Å². The van der Waals surface area contributed by atoms with E-state index in [9.17, 15) is 14.2 Å². The van der Waals surface area contributed by atoms with Crippen molar-refractivity contribution >= 4 is 35.4 Å². The Balaban J connectivity index is 1.34. The Kier molecular flexibility index (Phi) is 6.82. The molecule has 3 aromatic rings. The van der Waals surface area contributed by atoms with Gasteiger partial charge in [0.2, 0.25) is 0 Å². The first kappa shape index (κ1) is 23.8. The van der Waals surface area contributed by atoms with Crippen molar-refractivity contribution in [2.75, 3.05) is 26.4 Å². The lowest BCUT2D eigenvalue weighted by Gasteiger charge is -2.21. The number of hydrogen-bond acceptors (Lipinski definition) is 9. The molecule has 2 atom stereocenters. The highest BCUT2D eigenvalue weighted by atomic mass is 31.2. The Morgan fingerprint density at radius 3 is 1.44 bits per heavy atom. The van der Waals surface area contributed by atoms with E-state index < -0.39 is 31.7 Å². The summed E-state index contributed by atoms with van der Waals surface area (Å²) in [6, 6.07) is 23.3. The average molecular weight is 510 g/mol. The van der Waals surface area contributed by atoms with Crippen molar-refractivity contribution in [3.05, 3.63) is 78.9 Å². The van der Waals surface area contributed by atoms with E-state index in [2.05, 4.69) is 0 Å². The molecule has 2 fully saturated rings. The molecule has 2 aliphatic rings. The van der Waals surface area contributed by atoms with Crippen LogP contribution in [0.2, 0.25) is 0 Å². The zero-order valence-electron chi connectivity index (χ0n) is 19.1. The Hall–Kier alpha value is -3.97. The lowest BCUT2D eigenvalue weighted by atomic mass is 10.3. The Labute approximate surface area is 207 Å². The Bertz CT molecular complexity index is 1180. The van der Waals surface area contributed by atoms with E-state index in [-0.39, 0.29) is 26.4 Å². The molecule has 0 amide bonds. The molecular weight excluding hydrogens is 487 g/mol. The first-order chi connectivity index (χ1) is 17.5. The van der Waals surface area contributed by atoms with Gasteiger partial charge in [-0.3, -0.25) is 0 Å². The molecule has 9 nitrogen and oxygen atoms in total. The second-order valence-corrected chi connectivity index (χ2v) is 10.9. The maximum atomic E-state index is 14.6.